The predicted molar refractivity (Wildman–Crippen MR) is 59.9 cm³/mol. The number of hydrogen-bond acceptors (Lipinski definition) is 2. The van der Waals surface area contributed by atoms with Crippen molar-refractivity contribution in [1.82, 2.24) is 4.90 Å². The summed E-state index contributed by atoms with van der Waals surface area (Å²) in [6.45, 7) is 1.73. The number of rotatable bonds is 3. The molecule has 0 spiro atoms. The number of ketones is 1. The zero-order chi connectivity index (χ0) is 13.8. The van der Waals surface area contributed by atoms with Crippen molar-refractivity contribution < 1.29 is 22.8 Å². The predicted octanol–water partition coefficient (Wildman–Crippen LogP) is 2.69. The van der Waals surface area contributed by atoms with Crippen LogP contribution < -0.4 is 0 Å². The second kappa shape index (κ2) is 6.20. The fraction of sp³-hybridized carbons (Fsp3) is 0.833. The molecule has 0 N–H and O–H groups in total. The van der Waals surface area contributed by atoms with Gasteiger partial charge in [0.25, 0.3) is 0 Å². The molecule has 0 aromatic carbocycles. The molecule has 1 amide bonds. The van der Waals surface area contributed by atoms with Gasteiger partial charge < -0.3 is 4.90 Å². The lowest BCUT2D eigenvalue weighted by molar-refractivity contribution is -0.163. The van der Waals surface area contributed by atoms with Gasteiger partial charge in [0.15, 0.2) is 0 Å². The number of Topliss-reactive ketones (excluding diaryl/α,β-unsaturated/α-hetero) is 1. The highest BCUT2D eigenvalue weighted by molar-refractivity contribution is 5.80. The molecule has 0 aromatic heterocycles. The molecule has 0 aromatic rings. The normalized spacial score (nSPS) is 21.6. The van der Waals surface area contributed by atoms with Crippen molar-refractivity contribution in [2.45, 2.75) is 57.7 Å². The van der Waals surface area contributed by atoms with E-state index in [9.17, 15) is 22.8 Å². The van der Waals surface area contributed by atoms with E-state index in [1.54, 1.807) is 0 Å². The van der Waals surface area contributed by atoms with Crippen molar-refractivity contribution >= 4 is 11.7 Å². The van der Waals surface area contributed by atoms with Crippen molar-refractivity contribution in [2.24, 2.45) is 0 Å². The number of likely N-dealkylation sites (tertiary alicyclic amines) is 1. The first-order valence-electron chi connectivity index (χ1n) is 6.15. The Bertz CT molecular complexity index is 315. The quantitative estimate of drug-likeness (QED) is 0.786. The van der Waals surface area contributed by atoms with Crippen molar-refractivity contribution in [3.63, 3.8) is 0 Å². The topological polar surface area (TPSA) is 37.4 Å². The van der Waals surface area contributed by atoms with E-state index in [2.05, 4.69) is 0 Å². The average Bonchev–Trinajstić information content (AvgIpc) is 2.39. The Morgan fingerprint density at radius 2 is 1.89 bits per heavy atom. The molecule has 1 saturated heterocycles. The molecule has 18 heavy (non-hydrogen) atoms. The van der Waals surface area contributed by atoms with Crippen molar-refractivity contribution in [2.75, 3.05) is 6.54 Å². The van der Waals surface area contributed by atoms with Crippen LogP contribution in [-0.4, -0.2) is 35.4 Å². The van der Waals surface area contributed by atoms with Gasteiger partial charge in [0.1, 0.15) is 12.2 Å². The fourth-order valence-corrected chi connectivity index (χ4v) is 2.32. The number of nitrogens with zero attached hydrogens (tertiary/aromatic N) is 1. The molecule has 1 heterocycles. The van der Waals surface area contributed by atoms with Gasteiger partial charge in [-0.25, -0.2) is 0 Å². The smallest absolute Gasteiger partial charge is 0.339 e. The van der Waals surface area contributed by atoms with Gasteiger partial charge in [-0.2, -0.15) is 13.2 Å². The Kier molecular flexibility index (Phi) is 5.16. The van der Waals surface area contributed by atoms with Gasteiger partial charge in [-0.1, -0.05) is 12.8 Å². The summed E-state index contributed by atoms with van der Waals surface area (Å²) in [5, 5.41) is 0. The molecular formula is C12H18F3NO2. The number of amides is 1. The van der Waals surface area contributed by atoms with E-state index < -0.39 is 18.5 Å². The molecule has 6 heteroatoms. The molecule has 1 aliphatic heterocycles. The van der Waals surface area contributed by atoms with Crippen LogP contribution in [0.5, 0.6) is 0 Å². The molecule has 3 nitrogen and oxygen atoms in total. The summed E-state index contributed by atoms with van der Waals surface area (Å²) >= 11 is 0. The van der Waals surface area contributed by atoms with E-state index in [1.165, 1.54) is 11.8 Å². The van der Waals surface area contributed by atoms with Crippen LogP contribution in [0, 0.1) is 0 Å². The largest absolute Gasteiger partial charge is 0.397 e. The van der Waals surface area contributed by atoms with Crippen LogP contribution in [0.4, 0.5) is 13.2 Å². The molecule has 1 fully saturated rings. The van der Waals surface area contributed by atoms with Gasteiger partial charge in [0, 0.05) is 19.0 Å². The Labute approximate surface area is 104 Å². The van der Waals surface area contributed by atoms with Crippen LogP contribution in [0.1, 0.15) is 45.4 Å². The molecule has 104 valence electrons. The Morgan fingerprint density at radius 1 is 1.22 bits per heavy atom. The van der Waals surface area contributed by atoms with E-state index >= 15 is 0 Å². The molecular weight excluding hydrogens is 247 g/mol. The molecule has 0 radical (unpaired) electrons. The second-order valence-corrected chi connectivity index (χ2v) is 4.79. The fourth-order valence-electron chi connectivity index (χ4n) is 2.32. The lowest BCUT2D eigenvalue weighted by Gasteiger charge is -2.29. The number of carbonyl (C=O) groups excluding carboxylic acids is 2. The molecule has 1 atom stereocenters. The van der Waals surface area contributed by atoms with Gasteiger partial charge in [-0.3, -0.25) is 9.59 Å². The minimum atomic E-state index is -4.48. The lowest BCUT2D eigenvalue weighted by Crippen LogP contribution is -2.42. The maximum absolute atomic E-state index is 12.2. The van der Waals surface area contributed by atoms with Crippen molar-refractivity contribution in [3.05, 3.63) is 0 Å². The van der Waals surface area contributed by atoms with E-state index in [0.29, 0.717) is 19.4 Å². The summed E-state index contributed by atoms with van der Waals surface area (Å²) in [6, 6.07) is -0.361. The number of alkyl halides is 3. The lowest BCUT2D eigenvalue weighted by atomic mass is 10.0. The van der Waals surface area contributed by atoms with E-state index in [4.69, 9.17) is 0 Å². The summed E-state index contributed by atoms with van der Waals surface area (Å²) in [5.41, 5.74) is 0. The van der Waals surface area contributed by atoms with Gasteiger partial charge in [0.2, 0.25) is 5.91 Å². The number of carbonyl (C=O) groups is 2. The summed E-state index contributed by atoms with van der Waals surface area (Å²) in [5.74, 6) is -0.998. The summed E-state index contributed by atoms with van der Waals surface area (Å²) in [6.07, 6.45) is -2.69. The second-order valence-electron chi connectivity index (χ2n) is 4.79. The molecule has 0 aliphatic carbocycles. The third-order valence-corrected chi connectivity index (χ3v) is 3.07. The van der Waals surface area contributed by atoms with E-state index in [1.807, 2.05) is 0 Å². The maximum atomic E-state index is 12.2. The van der Waals surface area contributed by atoms with Gasteiger partial charge in [0.05, 0.1) is 0 Å². The highest BCUT2D eigenvalue weighted by Crippen LogP contribution is 2.25. The van der Waals surface area contributed by atoms with Crippen LogP contribution in [0.25, 0.3) is 0 Å². The summed E-state index contributed by atoms with van der Waals surface area (Å²) < 4.78 is 36.7. The zero-order valence-corrected chi connectivity index (χ0v) is 10.4. The van der Waals surface area contributed by atoms with E-state index in [-0.39, 0.29) is 18.2 Å². The maximum Gasteiger partial charge on any atom is 0.397 e. The standard InChI is InChI=1S/C12H18F3NO2/c1-9(17)7-10-5-3-2-4-6-16(10)11(18)8-12(13,14)15/h10H,2-8H2,1H3. The zero-order valence-electron chi connectivity index (χ0n) is 10.4. The summed E-state index contributed by atoms with van der Waals surface area (Å²) in [4.78, 5) is 24.0. The van der Waals surface area contributed by atoms with Crippen LogP contribution in [-0.2, 0) is 9.59 Å². The van der Waals surface area contributed by atoms with Gasteiger partial charge >= 0.3 is 6.18 Å². The first kappa shape index (κ1) is 15.0. The van der Waals surface area contributed by atoms with Crippen LogP contribution in [0.2, 0.25) is 0 Å². The van der Waals surface area contributed by atoms with Gasteiger partial charge in [-0.15, -0.1) is 0 Å². The molecule has 0 bridgehead atoms. The summed E-state index contributed by atoms with van der Waals surface area (Å²) in [7, 11) is 0. The monoisotopic (exact) mass is 265 g/mol. The number of hydrogen-bond donors (Lipinski definition) is 0. The Hall–Kier alpha value is -1.07. The SMILES string of the molecule is CC(=O)CC1CCCCCN1C(=O)CC(F)(F)F. The van der Waals surface area contributed by atoms with Crippen molar-refractivity contribution in [3.8, 4) is 0 Å². The van der Waals surface area contributed by atoms with Crippen molar-refractivity contribution in [1.29, 1.82) is 0 Å². The Morgan fingerprint density at radius 3 is 2.44 bits per heavy atom. The highest BCUT2D eigenvalue weighted by Gasteiger charge is 2.36. The molecule has 1 unspecified atom stereocenters. The Balaban J connectivity index is 2.72. The highest BCUT2D eigenvalue weighted by atomic mass is 19.4. The first-order valence-corrected chi connectivity index (χ1v) is 6.15. The van der Waals surface area contributed by atoms with Crippen LogP contribution >= 0.6 is 0 Å². The first-order chi connectivity index (χ1) is 8.29. The molecule has 0 saturated carbocycles. The minimum absolute atomic E-state index is 0.0910. The third-order valence-electron chi connectivity index (χ3n) is 3.07. The van der Waals surface area contributed by atoms with Crippen LogP contribution in [0.15, 0.2) is 0 Å². The average molecular weight is 265 g/mol. The molecule has 1 aliphatic rings. The van der Waals surface area contributed by atoms with Crippen LogP contribution in [0.3, 0.4) is 0 Å². The molecule has 1 rings (SSSR count). The third kappa shape index (κ3) is 5.06. The number of halogens is 3. The van der Waals surface area contributed by atoms with Gasteiger partial charge in [-0.05, 0) is 19.8 Å². The van der Waals surface area contributed by atoms with E-state index in [0.717, 1.165) is 12.8 Å². The minimum Gasteiger partial charge on any atom is -0.339 e.